The van der Waals surface area contributed by atoms with Gasteiger partial charge in [-0.3, -0.25) is 0 Å². The molecule has 0 fully saturated rings. The molecule has 0 amide bonds. The van der Waals surface area contributed by atoms with Crippen LogP contribution in [0.2, 0.25) is 0 Å². The first-order valence-corrected chi connectivity index (χ1v) is 11.2. The van der Waals surface area contributed by atoms with Crippen molar-refractivity contribution >= 4 is 11.9 Å². The summed E-state index contributed by atoms with van der Waals surface area (Å²) >= 11 is 0. The predicted octanol–water partition coefficient (Wildman–Crippen LogP) is 5.73. The fourth-order valence-electron chi connectivity index (χ4n) is 4.08. The van der Waals surface area contributed by atoms with Crippen LogP contribution in [0.1, 0.15) is 90.3 Å². The molecule has 8 nitrogen and oxygen atoms in total. The van der Waals surface area contributed by atoms with E-state index in [1.54, 1.807) is 6.07 Å². The number of ether oxygens (including phenoxy) is 3. The fourth-order valence-corrected chi connectivity index (χ4v) is 4.08. The van der Waals surface area contributed by atoms with Gasteiger partial charge in [-0.1, -0.05) is 33.1 Å². The SMILES string of the molecule is CCCCCc1c(Oc2cc(OC)cc3c2C(=O)OC3CCCC)c(O)cc(O)c1C(=O)O. The van der Waals surface area contributed by atoms with E-state index in [2.05, 4.69) is 0 Å². The third-order valence-corrected chi connectivity index (χ3v) is 5.76. The molecule has 0 aliphatic carbocycles. The van der Waals surface area contributed by atoms with Crippen LogP contribution in [0.15, 0.2) is 18.2 Å². The van der Waals surface area contributed by atoms with Gasteiger partial charge in [0.25, 0.3) is 0 Å². The number of cyclic esters (lactones) is 1. The van der Waals surface area contributed by atoms with Gasteiger partial charge in [-0.25, -0.2) is 9.59 Å². The van der Waals surface area contributed by atoms with E-state index >= 15 is 0 Å². The minimum absolute atomic E-state index is 0.0995. The van der Waals surface area contributed by atoms with Crippen LogP contribution >= 0.6 is 0 Å². The first-order valence-electron chi connectivity index (χ1n) is 11.2. The van der Waals surface area contributed by atoms with E-state index in [4.69, 9.17) is 14.2 Å². The van der Waals surface area contributed by atoms with Crippen molar-refractivity contribution in [2.75, 3.05) is 7.11 Å². The third kappa shape index (κ3) is 4.99. The Balaban J connectivity index is 2.13. The van der Waals surface area contributed by atoms with Gasteiger partial charge in [-0.15, -0.1) is 0 Å². The number of phenolic OH excluding ortho intramolecular Hbond substituents is 1. The molecule has 0 aromatic heterocycles. The van der Waals surface area contributed by atoms with Gasteiger partial charge in [0.15, 0.2) is 11.5 Å². The standard InChI is InChI=1S/C25H30O8/c1-4-6-8-9-15-21(24(28)29)17(26)13-18(27)23(15)32-20-12-14(31-3)11-16-19(10-7-5-2)33-25(30)22(16)20/h11-13,19,26-27H,4-10H2,1-3H3,(H,28,29). The van der Waals surface area contributed by atoms with Crippen molar-refractivity contribution in [1.29, 1.82) is 0 Å². The second-order valence-electron chi connectivity index (χ2n) is 8.09. The maximum absolute atomic E-state index is 12.7. The molecule has 1 aliphatic rings. The van der Waals surface area contributed by atoms with E-state index in [9.17, 15) is 24.9 Å². The third-order valence-electron chi connectivity index (χ3n) is 5.76. The number of hydrogen-bond donors (Lipinski definition) is 3. The highest BCUT2D eigenvalue weighted by molar-refractivity contribution is 5.98. The van der Waals surface area contributed by atoms with Crippen molar-refractivity contribution < 1.29 is 39.1 Å². The van der Waals surface area contributed by atoms with Gasteiger partial charge in [0.05, 0.1) is 7.11 Å². The van der Waals surface area contributed by atoms with Crippen LogP contribution in [0.4, 0.5) is 0 Å². The summed E-state index contributed by atoms with van der Waals surface area (Å²) in [5.41, 5.74) is 0.689. The van der Waals surface area contributed by atoms with E-state index in [-0.39, 0.29) is 34.6 Å². The van der Waals surface area contributed by atoms with E-state index < -0.39 is 29.5 Å². The summed E-state index contributed by atoms with van der Waals surface area (Å²) in [5.74, 6) is -2.42. The molecule has 1 atom stereocenters. The average Bonchev–Trinajstić information content (AvgIpc) is 3.09. The Morgan fingerprint density at radius 1 is 1.06 bits per heavy atom. The van der Waals surface area contributed by atoms with Crippen LogP contribution in [0.3, 0.4) is 0 Å². The second-order valence-corrected chi connectivity index (χ2v) is 8.09. The molecular formula is C25H30O8. The molecule has 3 N–H and O–H groups in total. The molecular weight excluding hydrogens is 428 g/mol. The number of carboxylic acid groups (broad SMARTS) is 1. The quantitative estimate of drug-likeness (QED) is 0.288. The Bertz CT molecular complexity index is 1040. The lowest BCUT2D eigenvalue weighted by molar-refractivity contribution is 0.0362. The zero-order chi connectivity index (χ0) is 24.1. The van der Waals surface area contributed by atoms with Crippen LogP contribution in [-0.2, 0) is 11.2 Å². The highest BCUT2D eigenvalue weighted by Crippen LogP contribution is 2.47. The number of methoxy groups -OCH3 is 1. The van der Waals surface area contributed by atoms with Gasteiger partial charge < -0.3 is 29.5 Å². The molecule has 3 rings (SSSR count). The van der Waals surface area contributed by atoms with Crippen molar-refractivity contribution in [3.8, 4) is 28.7 Å². The first kappa shape index (κ1) is 24.2. The van der Waals surface area contributed by atoms with Crippen LogP contribution in [0, 0.1) is 0 Å². The number of carbonyl (C=O) groups is 2. The number of hydrogen-bond acceptors (Lipinski definition) is 7. The van der Waals surface area contributed by atoms with E-state index in [1.807, 2.05) is 13.8 Å². The molecule has 8 heteroatoms. The van der Waals surface area contributed by atoms with Gasteiger partial charge in [0.1, 0.15) is 34.5 Å². The Kier molecular flexibility index (Phi) is 7.68. The van der Waals surface area contributed by atoms with Crippen LogP contribution in [0.5, 0.6) is 28.7 Å². The summed E-state index contributed by atoms with van der Waals surface area (Å²) in [5, 5.41) is 30.5. The minimum Gasteiger partial charge on any atom is -0.507 e. The molecule has 0 spiro atoms. The lowest BCUT2D eigenvalue weighted by Crippen LogP contribution is -2.07. The topological polar surface area (TPSA) is 123 Å². The molecule has 0 bridgehead atoms. The second kappa shape index (κ2) is 10.5. The number of aromatic carboxylic acids is 1. The Labute approximate surface area is 192 Å². The van der Waals surface area contributed by atoms with Crippen LogP contribution in [0.25, 0.3) is 0 Å². The molecule has 33 heavy (non-hydrogen) atoms. The van der Waals surface area contributed by atoms with Crippen molar-refractivity contribution in [1.82, 2.24) is 0 Å². The zero-order valence-corrected chi connectivity index (χ0v) is 19.1. The zero-order valence-electron chi connectivity index (χ0n) is 19.1. The molecule has 2 aromatic rings. The lowest BCUT2D eigenvalue weighted by Gasteiger charge is -2.18. The van der Waals surface area contributed by atoms with Crippen molar-refractivity contribution in [3.05, 3.63) is 40.5 Å². The van der Waals surface area contributed by atoms with Gasteiger partial charge in [-0.05, 0) is 31.7 Å². The van der Waals surface area contributed by atoms with E-state index in [0.717, 1.165) is 31.7 Å². The van der Waals surface area contributed by atoms with Gasteiger partial charge in [-0.2, -0.15) is 0 Å². The number of phenols is 2. The molecule has 1 aliphatic heterocycles. The minimum atomic E-state index is -1.33. The average molecular weight is 459 g/mol. The Morgan fingerprint density at radius 3 is 2.42 bits per heavy atom. The molecule has 2 aromatic carbocycles. The summed E-state index contributed by atoms with van der Waals surface area (Å²) in [6.07, 6.45) is 4.65. The number of carboxylic acids is 1. The van der Waals surface area contributed by atoms with E-state index in [1.165, 1.54) is 13.2 Å². The molecule has 178 valence electrons. The smallest absolute Gasteiger partial charge is 0.342 e. The van der Waals surface area contributed by atoms with E-state index in [0.29, 0.717) is 24.2 Å². The fraction of sp³-hybridized carbons (Fsp3) is 0.440. The molecule has 0 saturated carbocycles. The van der Waals surface area contributed by atoms with Crippen molar-refractivity contribution in [2.45, 2.75) is 64.9 Å². The normalized spacial score (nSPS) is 14.6. The Morgan fingerprint density at radius 2 is 1.79 bits per heavy atom. The van der Waals surface area contributed by atoms with Crippen molar-refractivity contribution in [2.24, 2.45) is 0 Å². The number of fused-ring (bicyclic) bond motifs is 1. The predicted molar refractivity (Wildman–Crippen MR) is 121 cm³/mol. The molecule has 1 unspecified atom stereocenters. The molecule has 1 heterocycles. The Hall–Kier alpha value is -3.42. The van der Waals surface area contributed by atoms with Gasteiger partial charge in [0.2, 0.25) is 0 Å². The number of unbranched alkanes of at least 4 members (excludes halogenated alkanes) is 3. The largest absolute Gasteiger partial charge is 0.507 e. The number of aromatic hydroxyl groups is 2. The number of benzene rings is 2. The lowest BCUT2D eigenvalue weighted by atomic mass is 9.97. The van der Waals surface area contributed by atoms with Crippen LogP contribution < -0.4 is 9.47 Å². The van der Waals surface area contributed by atoms with Gasteiger partial charge in [0, 0.05) is 23.3 Å². The maximum Gasteiger partial charge on any atom is 0.342 e. The number of rotatable bonds is 11. The highest BCUT2D eigenvalue weighted by atomic mass is 16.6. The highest BCUT2D eigenvalue weighted by Gasteiger charge is 2.36. The molecule has 0 radical (unpaired) electrons. The van der Waals surface area contributed by atoms with Crippen LogP contribution in [-0.4, -0.2) is 34.4 Å². The number of carbonyl (C=O) groups excluding carboxylic acids is 1. The first-order chi connectivity index (χ1) is 15.8. The summed E-state index contributed by atoms with van der Waals surface area (Å²) in [7, 11) is 1.49. The monoisotopic (exact) mass is 458 g/mol. The van der Waals surface area contributed by atoms with Crippen molar-refractivity contribution in [3.63, 3.8) is 0 Å². The summed E-state index contributed by atoms with van der Waals surface area (Å²) in [6, 6.07) is 4.17. The van der Waals surface area contributed by atoms with Gasteiger partial charge >= 0.3 is 11.9 Å². The summed E-state index contributed by atoms with van der Waals surface area (Å²) < 4.78 is 17.0. The number of esters is 1. The summed E-state index contributed by atoms with van der Waals surface area (Å²) in [4.78, 5) is 24.6. The maximum atomic E-state index is 12.7. The summed E-state index contributed by atoms with van der Waals surface area (Å²) in [6.45, 7) is 4.06. The molecule has 0 saturated heterocycles.